The Morgan fingerprint density at radius 1 is 1.10 bits per heavy atom. The molecule has 4 atom stereocenters. The Morgan fingerprint density at radius 2 is 1.90 bits per heavy atom. The molecule has 14 heteroatoms. The number of aromatic nitrogens is 2. The molecule has 10 nitrogen and oxygen atoms in total. The Bertz CT molecular complexity index is 2040. The van der Waals surface area contributed by atoms with E-state index in [4.69, 9.17) is 25.2 Å². The molecule has 4 fully saturated rings. The van der Waals surface area contributed by atoms with Crippen LogP contribution in [-0.2, 0) is 18.0 Å². The van der Waals surface area contributed by atoms with Crippen molar-refractivity contribution in [3.8, 4) is 23.2 Å². The highest BCUT2D eigenvalue weighted by atomic mass is 32.1. The summed E-state index contributed by atoms with van der Waals surface area (Å²) in [5.74, 6) is -0.875. The first-order valence-corrected chi connectivity index (χ1v) is 17.8. The van der Waals surface area contributed by atoms with Crippen molar-refractivity contribution in [2.75, 3.05) is 56.6 Å². The van der Waals surface area contributed by atoms with Gasteiger partial charge in [-0.1, -0.05) is 0 Å². The predicted molar refractivity (Wildman–Crippen MR) is 179 cm³/mol. The Hall–Kier alpha value is -3.74. The number of thiophene rings is 1. The molecule has 5 aliphatic heterocycles. The lowest BCUT2D eigenvalue weighted by Crippen LogP contribution is -2.54. The lowest BCUT2D eigenvalue weighted by atomic mass is 9.90. The average Bonchev–Trinajstić information content (AvgIpc) is 3.89. The van der Waals surface area contributed by atoms with E-state index in [2.05, 4.69) is 20.8 Å². The van der Waals surface area contributed by atoms with Gasteiger partial charge in [-0.15, -0.1) is 11.3 Å². The van der Waals surface area contributed by atoms with Crippen molar-refractivity contribution in [1.82, 2.24) is 19.8 Å². The van der Waals surface area contributed by atoms with E-state index in [-0.39, 0.29) is 77.1 Å². The SMILES string of the molecule is N#Cc1c(N)sc2ccc(F)c(-c3c4c(c5c(N6C7CCC6CN(CCO)C7)nc(OC[C@@]67CCCN6CC(F)C7)nc5c3F)COC4)c12. The number of rotatable bonds is 7. The first-order valence-electron chi connectivity index (χ1n) is 17.0. The Kier molecular flexibility index (Phi) is 7.44. The Morgan fingerprint density at radius 3 is 2.67 bits per heavy atom. The van der Waals surface area contributed by atoms with Crippen LogP contribution in [0.2, 0.25) is 0 Å². The molecule has 5 aliphatic rings. The van der Waals surface area contributed by atoms with E-state index in [1.807, 2.05) is 0 Å². The fourth-order valence-corrected chi connectivity index (χ4v) is 10.3. The third-order valence-electron chi connectivity index (χ3n) is 11.4. The summed E-state index contributed by atoms with van der Waals surface area (Å²) in [6.45, 7) is 3.62. The molecule has 256 valence electrons. The molecule has 4 aromatic rings. The van der Waals surface area contributed by atoms with Crippen LogP contribution in [0.15, 0.2) is 12.1 Å². The number of nitrogen functional groups attached to an aromatic ring is 1. The number of hydrogen-bond donors (Lipinski definition) is 2. The third kappa shape index (κ3) is 4.73. The van der Waals surface area contributed by atoms with Crippen LogP contribution < -0.4 is 15.4 Å². The number of fused-ring (bicyclic) bond motifs is 7. The van der Waals surface area contributed by atoms with Gasteiger partial charge < -0.3 is 25.2 Å². The van der Waals surface area contributed by atoms with Crippen LogP contribution in [0.3, 0.4) is 0 Å². The normalized spacial score (nSPS) is 26.6. The van der Waals surface area contributed by atoms with Crippen molar-refractivity contribution in [3.63, 3.8) is 0 Å². The van der Waals surface area contributed by atoms with Gasteiger partial charge in [0.25, 0.3) is 0 Å². The molecule has 0 saturated carbocycles. The second-order valence-electron chi connectivity index (χ2n) is 14.1. The van der Waals surface area contributed by atoms with Crippen LogP contribution in [0.5, 0.6) is 6.01 Å². The molecule has 2 aromatic heterocycles. The maximum Gasteiger partial charge on any atom is 0.319 e. The zero-order valence-electron chi connectivity index (χ0n) is 26.9. The minimum atomic E-state index is -0.938. The van der Waals surface area contributed by atoms with E-state index in [1.165, 1.54) is 6.07 Å². The number of aliphatic hydroxyl groups excluding tert-OH is 1. The molecule has 0 spiro atoms. The summed E-state index contributed by atoms with van der Waals surface area (Å²) < 4.78 is 61.0. The van der Waals surface area contributed by atoms with E-state index in [0.29, 0.717) is 46.5 Å². The number of nitriles is 1. The quantitative estimate of drug-likeness (QED) is 0.278. The standard InChI is InChI=1S/C35H36F3N7O3S/c36-18-10-35(6-1-7-44(35)12-18)17-48-34-41-31-28(33(42-34)45-19-2-3-20(45)14-43(13-19)8-9-46)23-16-47-15-22(23)27(30(31)38)29-24(37)4-5-25-26(29)21(11-39)32(40)49-25/h4-5,18-20,46H,1-3,6-10,12-17,40H2/t18?,19?,20?,35-/m0/s1. The third-order valence-corrected chi connectivity index (χ3v) is 12.4. The molecular weight excluding hydrogens is 655 g/mol. The van der Waals surface area contributed by atoms with Gasteiger partial charge in [0, 0.05) is 65.9 Å². The van der Waals surface area contributed by atoms with Crippen molar-refractivity contribution in [2.24, 2.45) is 0 Å². The monoisotopic (exact) mass is 691 g/mol. The first kappa shape index (κ1) is 31.3. The van der Waals surface area contributed by atoms with Gasteiger partial charge in [-0.25, -0.2) is 13.2 Å². The Balaban J connectivity index is 1.26. The molecule has 2 bridgehead atoms. The number of nitrogens with two attached hydrogens (primary N) is 1. The molecule has 7 heterocycles. The lowest BCUT2D eigenvalue weighted by Gasteiger charge is -2.42. The van der Waals surface area contributed by atoms with Gasteiger partial charge in [-0.05, 0) is 55.5 Å². The van der Waals surface area contributed by atoms with Crippen molar-refractivity contribution in [2.45, 2.75) is 69.1 Å². The van der Waals surface area contributed by atoms with Crippen molar-refractivity contribution >= 4 is 43.1 Å². The van der Waals surface area contributed by atoms with Crippen LogP contribution in [0.1, 0.15) is 48.8 Å². The van der Waals surface area contributed by atoms with Gasteiger partial charge in [0.1, 0.15) is 41.0 Å². The number of likely N-dealkylation sites (tertiary alicyclic amines) is 1. The topological polar surface area (TPSA) is 124 Å². The number of aliphatic hydroxyl groups is 1. The minimum absolute atomic E-state index is 0.000336. The van der Waals surface area contributed by atoms with Crippen molar-refractivity contribution in [3.05, 3.63) is 40.5 Å². The molecule has 0 amide bonds. The summed E-state index contributed by atoms with van der Waals surface area (Å²) in [7, 11) is 0. The number of halogens is 3. The molecule has 0 radical (unpaired) electrons. The maximum absolute atomic E-state index is 17.5. The number of β-amino-alcohol motifs (C(OH)–C–C–N with tert-alkyl or cyclic N) is 1. The molecule has 0 aliphatic carbocycles. The van der Waals surface area contributed by atoms with E-state index >= 15 is 8.78 Å². The summed E-state index contributed by atoms with van der Waals surface area (Å²) in [6, 6.07) is 5.06. The number of piperazine rings is 1. The second kappa shape index (κ2) is 11.7. The number of alkyl halides is 1. The van der Waals surface area contributed by atoms with E-state index in [1.54, 1.807) is 6.07 Å². The van der Waals surface area contributed by atoms with Crippen LogP contribution in [-0.4, -0.2) is 94.6 Å². The number of anilines is 2. The van der Waals surface area contributed by atoms with Crippen LogP contribution in [0, 0.1) is 23.0 Å². The highest BCUT2D eigenvalue weighted by Gasteiger charge is 2.50. The van der Waals surface area contributed by atoms with Crippen LogP contribution in [0.4, 0.5) is 24.0 Å². The summed E-state index contributed by atoms with van der Waals surface area (Å²) >= 11 is 1.16. The fourth-order valence-electron chi connectivity index (χ4n) is 9.35. The zero-order valence-corrected chi connectivity index (χ0v) is 27.7. The van der Waals surface area contributed by atoms with Crippen LogP contribution in [0.25, 0.3) is 32.1 Å². The summed E-state index contributed by atoms with van der Waals surface area (Å²) in [5.41, 5.74) is 6.95. The van der Waals surface area contributed by atoms with Crippen LogP contribution >= 0.6 is 11.3 Å². The first-order chi connectivity index (χ1) is 23.8. The largest absolute Gasteiger partial charge is 0.461 e. The van der Waals surface area contributed by atoms with E-state index < -0.39 is 23.3 Å². The van der Waals surface area contributed by atoms with Crippen molar-refractivity contribution in [1.29, 1.82) is 5.26 Å². The smallest absolute Gasteiger partial charge is 0.319 e. The summed E-state index contributed by atoms with van der Waals surface area (Å²) in [6.07, 6.45) is 2.98. The second-order valence-corrected chi connectivity index (χ2v) is 15.2. The van der Waals surface area contributed by atoms with E-state index in [0.717, 1.165) is 56.7 Å². The van der Waals surface area contributed by atoms with Gasteiger partial charge in [0.15, 0.2) is 5.82 Å². The molecule has 49 heavy (non-hydrogen) atoms. The summed E-state index contributed by atoms with van der Waals surface area (Å²) in [5, 5.41) is 20.7. The minimum Gasteiger partial charge on any atom is -0.461 e. The summed E-state index contributed by atoms with van der Waals surface area (Å²) in [4.78, 5) is 16.4. The molecule has 9 rings (SSSR count). The highest BCUT2D eigenvalue weighted by molar-refractivity contribution is 7.23. The van der Waals surface area contributed by atoms with Gasteiger partial charge in [0.05, 0.1) is 36.3 Å². The van der Waals surface area contributed by atoms with Crippen molar-refractivity contribution < 1.29 is 27.8 Å². The highest BCUT2D eigenvalue weighted by Crippen LogP contribution is 2.49. The van der Waals surface area contributed by atoms with Gasteiger partial charge in [-0.3, -0.25) is 9.80 Å². The molecule has 4 saturated heterocycles. The van der Waals surface area contributed by atoms with Gasteiger partial charge in [-0.2, -0.15) is 15.2 Å². The van der Waals surface area contributed by atoms with E-state index in [9.17, 15) is 14.8 Å². The molecule has 2 aromatic carbocycles. The fraction of sp³-hybridized carbons (Fsp3) is 0.514. The van der Waals surface area contributed by atoms with Gasteiger partial charge in [0.2, 0.25) is 0 Å². The number of hydrogen-bond acceptors (Lipinski definition) is 11. The number of ether oxygens (including phenoxy) is 2. The van der Waals surface area contributed by atoms with Gasteiger partial charge >= 0.3 is 6.01 Å². The molecule has 3 unspecified atom stereocenters. The number of benzene rings is 2. The predicted octanol–water partition coefficient (Wildman–Crippen LogP) is 4.87. The Labute approximate surface area is 284 Å². The zero-order chi connectivity index (χ0) is 33.6. The number of nitrogens with zero attached hydrogens (tertiary/aromatic N) is 6. The molecular formula is C35H36F3N7O3S. The lowest BCUT2D eigenvalue weighted by molar-refractivity contribution is 0.107. The maximum atomic E-state index is 17.5. The average molecular weight is 692 g/mol. The molecule has 3 N–H and O–H groups in total.